The first-order valence-corrected chi connectivity index (χ1v) is 12.8. The van der Waals surface area contributed by atoms with Crippen LogP contribution in [0.5, 0.6) is 5.75 Å². The SMILES string of the molecule is CCCC1CCC(c2ccc(CCc3ccc(-c4ccc(OCC)c(F)c4F)c(F)c3F)c(F)c2)CO1. The summed E-state index contributed by atoms with van der Waals surface area (Å²) in [7, 11) is 0. The van der Waals surface area contributed by atoms with Gasteiger partial charge in [0.15, 0.2) is 23.2 Å². The number of aryl methyl sites for hydroxylation is 2. The van der Waals surface area contributed by atoms with Crippen molar-refractivity contribution in [3.8, 4) is 16.9 Å². The Morgan fingerprint density at radius 2 is 1.46 bits per heavy atom. The minimum Gasteiger partial charge on any atom is -0.491 e. The lowest BCUT2D eigenvalue weighted by molar-refractivity contribution is -0.00116. The Hall–Kier alpha value is -2.93. The third-order valence-electron chi connectivity index (χ3n) is 6.99. The molecule has 0 radical (unpaired) electrons. The maximum absolute atomic E-state index is 14.9. The van der Waals surface area contributed by atoms with Crippen LogP contribution in [-0.4, -0.2) is 19.3 Å². The van der Waals surface area contributed by atoms with E-state index in [0.29, 0.717) is 12.2 Å². The summed E-state index contributed by atoms with van der Waals surface area (Å²) in [5.74, 6) is -5.57. The van der Waals surface area contributed by atoms with E-state index in [1.54, 1.807) is 13.0 Å². The molecule has 1 aliphatic rings. The van der Waals surface area contributed by atoms with E-state index in [0.717, 1.165) is 37.3 Å². The highest BCUT2D eigenvalue weighted by atomic mass is 19.2. The van der Waals surface area contributed by atoms with Crippen LogP contribution >= 0.6 is 0 Å². The zero-order chi connectivity index (χ0) is 26.5. The van der Waals surface area contributed by atoms with Crippen molar-refractivity contribution in [2.45, 2.75) is 64.4 Å². The van der Waals surface area contributed by atoms with Gasteiger partial charge in [0.2, 0.25) is 5.82 Å². The van der Waals surface area contributed by atoms with Gasteiger partial charge in [-0.25, -0.2) is 17.6 Å². The lowest BCUT2D eigenvalue weighted by atomic mass is 9.89. The van der Waals surface area contributed by atoms with E-state index in [1.165, 1.54) is 24.3 Å². The summed E-state index contributed by atoms with van der Waals surface area (Å²) in [5.41, 5.74) is 0.500. The third-order valence-corrected chi connectivity index (χ3v) is 6.99. The van der Waals surface area contributed by atoms with Crippen LogP contribution in [0.3, 0.4) is 0 Å². The van der Waals surface area contributed by atoms with Gasteiger partial charge in [0, 0.05) is 17.0 Å². The van der Waals surface area contributed by atoms with Crippen molar-refractivity contribution in [1.29, 1.82) is 0 Å². The number of benzene rings is 3. The average molecular weight is 519 g/mol. The second kappa shape index (κ2) is 12.1. The molecule has 7 heteroatoms. The minimum atomic E-state index is -1.32. The third kappa shape index (κ3) is 5.98. The second-order valence-electron chi connectivity index (χ2n) is 9.44. The first-order valence-electron chi connectivity index (χ1n) is 12.8. The van der Waals surface area contributed by atoms with E-state index in [-0.39, 0.29) is 42.8 Å². The van der Waals surface area contributed by atoms with Crippen LogP contribution < -0.4 is 4.74 Å². The maximum atomic E-state index is 14.9. The molecular weight excluding hydrogens is 487 g/mol. The summed E-state index contributed by atoms with van der Waals surface area (Å²) in [5, 5.41) is 0. The van der Waals surface area contributed by atoms with Crippen LogP contribution in [0.4, 0.5) is 22.0 Å². The van der Waals surface area contributed by atoms with Crippen LogP contribution in [-0.2, 0) is 17.6 Å². The van der Waals surface area contributed by atoms with Gasteiger partial charge in [-0.1, -0.05) is 37.6 Å². The Labute approximate surface area is 214 Å². The van der Waals surface area contributed by atoms with Gasteiger partial charge >= 0.3 is 0 Å². The molecule has 1 heterocycles. The fourth-order valence-electron chi connectivity index (χ4n) is 4.91. The quantitative estimate of drug-likeness (QED) is 0.265. The lowest BCUT2D eigenvalue weighted by Gasteiger charge is -2.29. The molecule has 0 saturated carbocycles. The van der Waals surface area contributed by atoms with Gasteiger partial charge in [0.25, 0.3) is 0 Å². The molecule has 0 N–H and O–H groups in total. The molecular formula is C30H31F5O2. The summed E-state index contributed by atoms with van der Waals surface area (Å²) >= 11 is 0. The van der Waals surface area contributed by atoms with Gasteiger partial charge in [-0.3, -0.25) is 0 Å². The number of ether oxygens (including phenoxy) is 2. The predicted octanol–water partition coefficient (Wildman–Crippen LogP) is 8.30. The molecule has 4 rings (SSSR count). The first kappa shape index (κ1) is 27.1. The normalized spacial score (nSPS) is 17.7. The Morgan fingerprint density at radius 3 is 2.11 bits per heavy atom. The Balaban J connectivity index is 1.45. The topological polar surface area (TPSA) is 18.5 Å². The molecule has 0 aromatic heterocycles. The summed E-state index contributed by atoms with van der Waals surface area (Å²) in [6.07, 6.45) is 4.48. The van der Waals surface area contributed by atoms with E-state index < -0.39 is 40.2 Å². The van der Waals surface area contributed by atoms with E-state index in [2.05, 4.69) is 6.92 Å². The van der Waals surface area contributed by atoms with Gasteiger partial charge < -0.3 is 9.47 Å². The molecule has 2 atom stereocenters. The highest BCUT2D eigenvalue weighted by molar-refractivity contribution is 5.66. The van der Waals surface area contributed by atoms with Crippen LogP contribution in [0.25, 0.3) is 11.1 Å². The van der Waals surface area contributed by atoms with E-state index >= 15 is 0 Å². The average Bonchev–Trinajstić information content (AvgIpc) is 2.90. The molecule has 1 saturated heterocycles. The molecule has 1 fully saturated rings. The highest BCUT2D eigenvalue weighted by Crippen LogP contribution is 2.34. The number of hydrogen-bond donors (Lipinski definition) is 0. The van der Waals surface area contributed by atoms with Gasteiger partial charge in [-0.2, -0.15) is 4.39 Å². The summed E-state index contributed by atoms with van der Waals surface area (Å²) in [4.78, 5) is 0. The number of rotatable bonds is 9. The van der Waals surface area contributed by atoms with Crippen molar-refractivity contribution in [2.75, 3.05) is 13.2 Å². The monoisotopic (exact) mass is 518 g/mol. The minimum absolute atomic E-state index is 0.0270. The molecule has 37 heavy (non-hydrogen) atoms. The van der Waals surface area contributed by atoms with Crippen molar-refractivity contribution in [1.82, 2.24) is 0 Å². The molecule has 3 aromatic carbocycles. The lowest BCUT2D eigenvalue weighted by Crippen LogP contribution is -2.24. The van der Waals surface area contributed by atoms with E-state index in [9.17, 15) is 22.0 Å². The molecule has 198 valence electrons. The highest BCUT2D eigenvalue weighted by Gasteiger charge is 2.24. The number of hydrogen-bond acceptors (Lipinski definition) is 2. The van der Waals surface area contributed by atoms with Crippen molar-refractivity contribution in [3.05, 3.63) is 88.2 Å². The Bertz CT molecular complexity index is 1240. The molecule has 3 aromatic rings. The van der Waals surface area contributed by atoms with Crippen molar-refractivity contribution >= 4 is 0 Å². The van der Waals surface area contributed by atoms with Crippen molar-refractivity contribution < 1.29 is 31.4 Å². The molecule has 1 aliphatic heterocycles. The van der Waals surface area contributed by atoms with Crippen LogP contribution in [0.15, 0.2) is 42.5 Å². The van der Waals surface area contributed by atoms with Crippen molar-refractivity contribution in [2.24, 2.45) is 0 Å². The van der Waals surface area contributed by atoms with Gasteiger partial charge in [-0.15, -0.1) is 0 Å². The number of halogens is 5. The van der Waals surface area contributed by atoms with Crippen LogP contribution in [0.1, 0.15) is 62.1 Å². The molecule has 0 aliphatic carbocycles. The smallest absolute Gasteiger partial charge is 0.201 e. The van der Waals surface area contributed by atoms with E-state index in [4.69, 9.17) is 9.47 Å². The van der Waals surface area contributed by atoms with E-state index in [1.807, 2.05) is 6.07 Å². The molecule has 2 unspecified atom stereocenters. The summed E-state index contributed by atoms with van der Waals surface area (Å²) < 4.78 is 84.2. The van der Waals surface area contributed by atoms with Crippen LogP contribution in [0, 0.1) is 29.1 Å². The molecule has 0 bridgehead atoms. The molecule has 0 amide bonds. The zero-order valence-corrected chi connectivity index (χ0v) is 21.1. The fraction of sp³-hybridized carbons (Fsp3) is 0.400. The Morgan fingerprint density at radius 1 is 0.784 bits per heavy atom. The van der Waals surface area contributed by atoms with Gasteiger partial charge in [0.05, 0.1) is 19.3 Å². The van der Waals surface area contributed by atoms with Gasteiger partial charge in [0.1, 0.15) is 5.82 Å². The second-order valence-corrected chi connectivity index (χ2v) is 9.44. The maximum Gasteiger partial charge on any atom is 0.201 e. The summed E-state index contributed by atoms with van der Waals surface area (Å²) in [6, 6.07) is 9.92. The zero-order valence-electron chi connectivity index (χ0n) is 21.1. The van der Waals surface area contributed by atoms with Crippen LogP contribution in [0.2, 0.25) is 0 Å². The first-order chi connectivity index (χ1) is 17.8. The molecule has 0 spiro atoms. The fourth-order valence-corrected chi connectivity index (χ4v) is 4.91. The summed E-state index contributed by atoms with van der Waals surface area (Å²) in [6.45, 7) is 4.44. The van der Waals surface area contributed by atoms with Crippen molar-refractivity contribution in [3.63, 3.8) is 0 Å². The van der Waals surface area contributed by atoms with Gasteiger partial charge in [-0.05, 0) is 73.9 Å². The predicted molar refractivity (Wildman–Crippen MR) is 133 cm³/mol. The Kier molecular flexibility index (Phi) is 8.85. The molecule has 2 nitrogen and oxygen atoms in total. The standard InChI is InChI=1S/C30H31F5O2/c1-3-5-22-12-10-21(17-37-22)20-9-7-18(25(31)16-20)6-8-19-11-13-23(28(33)27(19)32)24-14-15-26(36-4-2)30(35)29(24)34/h7,9,11,13-16,21-22H,3-6,8,10,12,17H2,1-2H3. The largest absolute Gasteiger partial charge is 0.491 e.